The molecule has 0 fully saturated rings. The van der Waals surface area contributed by atoms with E-state index in [1.54, 1.807) is 6.92 Å². The van der Waals surface area contributed by atoms with Crippen LogP contribution >= 0.6 is 0 Å². The number of nitrogens with zero attached hydrogens (tertiary/aromatic N) is 1. The van der Waals surface area contributed by atoms with Crippen molar-refractivity contribution in [2.24, 2.45) is 0 Å². The third-order valence-corrected chi connectivity index (χ3v) is 2.52. The lowest BCUT2D eigenvalue weighted by molar-refractivity contribution is -0.137. The number of benzene rings is 1. The van der Waals surface area contributed by atoms with Crippen molar-refractivity contribution in [3.63, 3.8) is 0 Å². The molecule has 0 aliphatic rings. The van der Waals surface area contributed by atoms with Crippen molar-refractivity contribution in [1.82, 2.24) is 4.98 Å². The van der Waals surface area contributed by atoms with Gasteiger partial charge in [-0.05, 0) is 31.2 Å². The molecule has 6 heteroatoms. The molecule has 0 unspecified atom stereocenters. The highest BCUT2D eigenvalue weighted by Gasteiger charge is 2.30. The van der Waals surface area contributed by atoms with Crippen LogP contribution in [-0.4, -0.2) is 17.6 Å². The van der Waals surface area contributed by atoms with Crippen LogP contribution in [0.1, 0.15) is 22.8 Å². The quantitative estimate of drug-likeness (QED) is 0.784. The Hall–Kier alpha value is -2.11. The number of halogens is 3. The van der Waals surface area contributed by atoms with Crippen LogP contribution in [0.25, 0.3) is 10.9 Å². The van der Waals surface area contributed by atoms with Gasteiger partial charge in [-0.2, -0.15) is 13.2 Å². The Balaban J connectivity index is 2.48. The molecule has 0 N–H and O–H groups in total. The molecule has 19 heavy (non-hydrogen) atoms. The van der Waals surface area contributed by atoms with Crippen LogP contribution in [0.4, 0.5) is 13.2 Å². The maximum atomic E-state index is 12.6. The lowest BCUT2D eigenvalue weighted by Gasteiger charge is -2.08. The Kier molecular flexibility index (Phi) is 3.42. The average Bonchev–Trinajstić information content (AvgIpc) is 2.36. The molecule has 1 aromatic heterocycles. The minimum Gasteiger partial charge on any atom is -0.462 e. The number of carbonyl (C=O) groups is 1. The minimum atomic E-state index is -4.42. The van der Waals surface area contributed by atoms with Gasteiger partial charge in [0.1, 0.15) is 0 Å². The molecule has 2 rings (SSSR count). The van der Waals surface area contributed by atoms with Gasteiger partial charge < -0.3 is 4.74 Å². The molecule has 0 aliphatic carbocycles. The second kappa shape index (κ2) is 4.87. The van der Waals surface area contributed by atoms with Gasteiger partial charge >= 0.3 is 12.1 Å². The summed E-state index contributed by atoms with van der Waals surface area (Å²) in [6.07, 6.45) is -3.14. The zero-order chi connectivity index (χ0) is 14.0. The van der Waals surface area contributed by atoms with Crippen molar-refractivity contribution in [2.75, 3.05) is 6.61 Å². The van der Waals surface area contributed by atoms with Gasteiger partial charge in [0.25, 0.3) is 0 Å². The summed E-state index contributed by atoms with van der Waals surface area (Å²) in [7, 11) is 0. The van der Waals surface area contributed by atoms with Crippen molar-refractivity contribution in [1.29, 1.82) is 0 Å². The Bertz CT molecular complexity index is 623. The van der Waals surface area contributed by atoms with E-state index in [4.69, 9.17) is 4.74 Å². The number of esters is 1. The van der Waals surface area contributed by atoms with Crippen LogP contribution in [0.5, 0.6) is 0 Å². The number of carbonyl (C=O) groups excluding carboxylic acids is 1. The van der Waals surface area contributed by atoms with Crippen LogP contribution < -0.4 is 0 Å². The van der Waals surface area contributed by atoms with E-state index in [-0.39, 0.29) is 17.6 Å². The van der Waals surface area contributed by atoms with Crippen LogP contribution in [-0.2, 0) is 10.9 Å². The number of aromatic nitrogens is 1. The fraction of sp³-hybridized carbons (Fsp3) is 0.231. The molecule has 0 saturated heterocycles. The van der Waals surface area contributed by atoms with E-state index in [1.807, 2.05) is 0 Å². The smallest absolute Gasteiger partial charge is 0.416 e. The van der Waals surface area contributed by atoms with Gasteiger partial charge in [-0.25, -0.2) is 4.79 Å². The number of hydrogen-bond acceptors (Lipinski definition) is 3. The number of hydrogen-bond donors (Lipinski definition) is 0. The number of alkyl halides is 3. The first kappa shape index (κ1) is 13.3. The molecule has 1 heterocycles. The van der Waals surface area contributed by atoms with Crippen molar-refractivity contribution in [2.45, 2.75) is 13.1 Å². The highest BCUT2D eigenvalue weighted by Crippen LogP contribution is 2.31. The summed E-state index contributed by atoms with van der Waals surface area (Å²) >= 11 is 0. The van der Waals surface area contributed by atoms with Gasteiger partial charge in [-0.1, -0.05) is 0 Å². The van der Waals surface area contributed by atoms with E-state index in [9.17, 15) is 18.0 Å². The molecule has 2 aromatic rings. The lowest BCUT2D eigenvalue weighted by Crippen LogP contribution is -2.06. The molecular formula is C13H10F3NO2. The van der Waals surface area contributed by atoms with Crippen LogP contribution in [0.15, 0.2) is 30.5 Å². The summed E-state index contributed by atoms with van der Waals surface area (Å²) < 4.78 is 42.5. The first-order chi connectivity index (χ1) is 8.91. The van der Waals surface area contributed by atoms with Gasteiger partial charge in [0.2, 0.25) is 0 Å². The standard InChI is InChI=1S/C13H10F3NO2/c1-2-19-12(18)9-5-8-6-10(13(14,15)16)3-4-11(8)17-7-9/h3-7H,2H2,1H3. The lowest BCUT2D eigenvalue weighted by atomic mass is 10.1. The molecule has 0 aliphatic heterocycles. The fourth-order valence-corrected chi connectivity index (χ4v) is 1.63. The van der Waals surface area contributed by atoms with Gasteiger partial charge in [0.05, 0.1) is 23.3 Å². The summed E-state index contributed by atoms with van der Waals surface area (Å²) in [4.78, 5) is 15.4. The Morgan fingerprint density at radius 3 is 2.68 bits per heavy atom. The van der Waals surface area contributed by atoms with Crippen LogP contribution in [0, 0.1) is 0 Å². The SMILES string of the molecule is CCOC(=O)c1cnc2ccc(C(F)(F)F)cc2c1. The van der Waals surface area contributed by atoms with E-state index in [1.165, 1.54) is 18.3 Å². The highest BCUT2D eigenvalue weighted by molar-refractivity contribution is 5.93. The molecule has 0 bridgehead atoms. The van der Waals surface area contributed by atoms with E-state index in [0.29, 0.717) is 5.52 Å². The summed E-state index contributed by atoms with van der Waals surface area (Å²) in [5.74, 6) is -0.602. The monoisotopic (exact) mass is 269 g/mol. The largest absolute Gasteiger partial charge is 0.462 e. The number of ether oxygens (including phenoxy) is 1. The second-order valence-corrected chi connectivity index (χ2v) is 3.85. The van der Waals surface area contributed by atoms with Crippen LogP contribution in [0.2, 0.25) is 0 Å². The van der Waals surface area contributed by atoms with Crippen molar-refractivity contribution in [3.8, 4) is 0 Å². The van der Waals surface area contributed by atoms with E-state index in [0.717, 1.165) is 12.1 Å². The summed E-state index contributed by atoms with van der Waals surface area (Å²) in [5.41, 5.74) is -0.252. The molecule has 100 valence electrons. The first-order valence-electron chi connectivity index (χ1n) is 5.56. The third kappa shape index (κ3) is 2.83. The summed E-state index contributed by atoms with van der Waals surface area (Å²) in [6.45, 7) is 1.84. The first-order valence-corrected chi connectivity index (χ1v) is 5.56. The van der Waals surface area contributed by atoms with Crippen LogP contribution in [0.3, 0.4) is 0 Å². The van der Waals surface area contributed by atoms with Crippen molar-refractivity contribution < 1.29 is 22.7 Å². The topological polar surface area (TPSA) is 39.2 Å². The molecule has 0 atom stereocenters. The Labute approximate surface area is 107 Å². The van der Waals surface area contributed by atoms with Gasteiger partial charge in [-0.15, -0.1) is 0 Å². The van der Waals surface area contributed by atoms with Gasteiger partial charge in [0, 0.05) is 11.6 Å². The number of rotatable bonds is 2. The molecule has 0 saturated carbocycles. The maximum Gasteiger partial charge on any atom is 0.416 e. The van der Waals surface area contributed by atoms with Gasteiger partial charge in [0.15, 0.2) is 0 Å². The molecule has 0 spiro atoms. The third-order valence-electron chi connectivity index (χ3n) is 2.52. The number of pyridine rings is 1. The summed E-state index contributed by atoms with van der Waals surface area (Å²) in [6, 6.07) is 4.53. The number of fused-ring (bicyclic) bond motifs is 1. The Morgan fingerprint density at radius 1 is 1.32 bits per heavy atom. The normalized spacial score (nSPS) is 11.6. The zero-order valence-corrected chi connectivity index (χ0v) is 9.99. The van der Waals surface area contributed by atoms with E-state index < -0.39 is 17.7 Å². The van der Waals surface area contributed by atoms with Gasteiger partial charge in [-0.3, -0.25) is 4.98 Å². The fourth-order valence-electron chi connectivity index (χ4n) is 1.63. The molecule has 1 aromatic carbocycles. The highest BCUT2D eigenvalue weighted by atomic mass is 19.4. The van der Waals surface area contributed by atoms with E-state index in [2.05, 4.69) is 4.98 Å². The Morgan fingerprint density at radius 2 is 2.05 bits per heavy atom. The van der Waals surface area contributed by atoms with E-state index >= 15 is 0 Å². The van der Waals surface area contributed by atoms with Crippen molar-refractivity contribution >= 4 is 16.9 Å². The predicted molar refractivity (Wildman–Crippen MR) is 62.7 cm³/mol. The van der Waals surface area contributed by atoms with Crippen molar-refractivity contribution in [3.05, 3.63) is 41.6 Å². The molecule has 0 radical (unpaired) electrons. The maximum absolute atomic E-state index is 12.6. The summed E-state index contributed by atoms with van der Waals surface area (Å²) in [5, 5.41) is 0.250. The molecular weight excluding hydrogens is 259 g/mol. The predicted octanol–water partition coefficient (Wildman–Crippen LogP) is 3.43. The zero-order valence-electron chi connectivity index (χ0n) is 9.99. The minimum absolute atomic E-state index is 0.133. The molecule has 3 nitrogen and oxygen atoms in total. The second-order valence-electron chi connectivity index (χ2n) is 3.85. The average molecular weight is 269 g/mol. The molecule has 0 amide bonds.